The van der Waals surface area contributed by atoms with Gasteiger partial charge in [-0.1, -0.05) is 13.8 Å². The van der Waals surface area contributed by atoms with Crippen molar-refractivity contribution in [2.45, 2.75) is 33.3 Å². The highest BCUT2D eigenvalue weighted by Gasteiger charge is 2.05. The lowest BCUT2D eigenvalue weighted by molar-refractivity contribution is 0.130. The molecule has 0 saturated carbocycles. The molecule has 52 valence electrons. The molecule has 0 amide bonds. The lowest BCUT2D eigenvalue weighted by atomic mass is 10.1. The monoisotopic (exact) mass is 126 g/mol. The minimum atomic E-state index is -0.252. The van der Waals surface area contributed by atoms with Crippen molar-refractivity contribution in [2.24, 2.45) is 5.92 Å². The summed E-state index contributed by atoms with van der Waals surface area (Å²) in [4.78, 5) is 0. The molecule has 1 unspecified atom stereocenters. The van der Waals surface area contributed by atoms with Crippen molar-refractivity contribution in [3.05, 3.63) is 0 Å². The molecule has 0 aromatic rings. The largest absolute Gasteiger partial charge is 0.392 e. The third-order valence-corrected chi connectivity index (χ3v) is 1.26. The van der Waals surface area contributed by atoms with Gasteiger partial charge in [-0.2, -0.15) is 0 Å². The summed E-state index contributed by atoms with van der Waals surface area (Å²) >= 11 is 0. The fourth-order valence-corrected chi connectivity index (χ4v) is 0.442. The quantitative estimate of drug-likeness (QED) is 0.555. The Bertz CT molecular complexity index is 116. The maximum atomic E-state index is 9.16. The topological polar surface area (TPSA) is 20.2 Å². The van der Waals surface area contributed by atoms with Crippen LogP contribution in [0.15, 0.2) is 0 Å². The van der Waals surface area contributed by atoms with Gasteiger partial charge >= 0.3 is 0 Å². The van der Waals surface area contributed by atoms with E-state index in [1.54, 1.807) is 6.92 Å². The van der Waals surface area contributed by atoms with Gasteiger partial charge in [0.15, 0.2) is 0 Å². The molecule has 0 aromatic carbocycles. The lowest BCUT2D eigenvalue weighted by Gasteiger charge is -2.09. The van der Waals surface area contributed by atoms with Crippen LogP contribution in [-0.4, -0.2) is 11.2 Å². The van der Waals surface area contributed by atoms with Gasteiger partial charge in [-0.05, 0) is 12.8 Å². The van der Waals surface area contributed by atoms with Crippen molar-refractivity contribution >= 4 is 0 Å². The fourth-order valence-electron chi connectivity index (χ4n) is 0.442. The summed E-state index contributed by atoms with van der Waals surface area (Å²) in [6.45, 7) is 5.76. The third-order valence-electron chi connectivity index (χ3n) is 1.26. The predicted octanol–water partition coefficient (Wildman–Crippen LogP) is 1.42. The number of aliphatic hydroxyl groups is 1. The third kappa shape index (κ3) is 4.05. The average Bonchev–Trinajstić information content (AvgIpc) is 1.82. The Morgan fingerprint density at radius 3 is 2.33 bits per heavy atom. The molecule has 0 saturated heterocycles. The normalized spacial score (nSPS) is 12.6. The predicted molar refractivity (Wildman–Crippen MR) is 38.9 cm³/mol. The first-order chi connectivity index (χ1) is 4.18. The van der Waals surface area contributed by atoms with Crippen LogP contribution in [0.5, 0.6) is 0 Å². The van der Waals surface area contributed by atoms with Crippen LogP contribution in [0.3, 0.4) is 0 Å². The van der Waals surface area contributed by atoms with Crippen LogP contribution in [0.25, 0.3) is 0 Å². The van der Waals surface area contributed by atoms with Crippen molar-refractivity contribution in [1.82, 2.24) is 0 Å². The van der Waals surface area contributed by atoms with E-state index in [0.717, 1.165) is 0 Å². The number of hydrogen-bond donors (Lipinski definition) is 1. The molecule has 0 radical (unpaired) electrons. The highest BCUT2D eigenvalue weighted by molar-refractivity contribution is 4.96. The van der Waals surface area contributed by atoms with Crippen molar-refractivity contribution < 1.29 is 5.11 Å². The first-order valence-corrected chi connectivity index (χ1v) is 3.26. The van der Waals surface area contributed by atoms with Gasteiger partial charge in [0.2, 0.25) is 0 Å². The van der Waals surface area contributed by atoms with Gasteiger partial charge in [-0.3, -0.25) is 0 Å². The van der Waals surface area contributed by atoms with Crippen molar-refractivity contribution in [3.63, 3.8) is 0 Å². The Hall–Kier alpha value is -0.480. The smallest absolute Gasteiger partial charge is 0.0672 e. The lowest BCUT2D eigenvalue weighted by Crippen LogP contribution is -2.12. The van der Waals surface area contributed by atoms with Gasteiger partial charge in [0, 0.05) is 6.42 Å². The first-order valence-electron chi connectivity index (χ1n) is 3.26. The summed E-state index contributed by atoms with van der Waals surface area (Å²) in [7, 11) is 0. The molecule has 1 heteroatoms. The molecule has 1 atom stereocenters. The van der Waals surface area contributed by atoms with Gasteiger partial charge in [0.1, 0.15) is 0 Å². The molecule has 0 heterocycles. The molecule has 0 spiro atoms. The summed E-state index contributed by atoms with van der Waals surface area (Å²) in [6, 6.07) is 0. The zero-order chi connectivity index (χ0) is 7.28. The minimum absolute atomic E-state index is 0.252. The van der Waals surface area contributed by atoms with E-state index in [-0.39, 0.29) is 6.10 Å². The van der Waals surface area contributed by atoms with Gasteiger partial charge in [0.25, 0.3) is 0 Å². The molecule has 0 bridgehead atoms. The standard InChI is InChI=1S/C8H14O/c1-4-5-6-8(9)7(2)3/h7-9H,6H2,1-3H3. The molecular formula is C8H14O. The molecular weight excluding hydrogens is 112 g/mol. The van der Waals surface area contributed by atoms with E-state index in [9.17, 15) is 0 Å². The molecule has 0 aliphatic rings. The maximum absolute atomic E-state index is 9.16. The van der Waals surface area contributed by atoms with E-state index in [4.69, 9.17) is 5.11 Å². The molecule has 0 aliphatic heterocycles. The summed E-state index contributed by atoms with van der Waals surface area (Å²) in [5, 5.41) is 9.16. The average molecular weight is 126 g/mol. The number of rotatable bonds is 2. The van der Waals surface area contributed by atoms with E-state index >= 15 is 0 Å². The van der Waals surface area contributed by atoms with Crippen LogP contribution in [0.2, 0.25) is 0 Å². The van der Waals surface area contributed by atoms with Crippen molar-refractivity contribution in [1.29, 1.82) is 0 Å². The molecule has 0 rings (SSSR count). The zero-order valence-electron chi connectivity index (χ0n) is 6.31. The van der Waals surface area contributed by atoms with E-state index in [2.05, 4.69) is 11.8 Å². The van der Waals surface area contributed by atoms with Gasteiger partial charge in [-0.25, -0.2) is 0 Å². The van der Waals surface area contributed by atoms with Crippen LogP contribution in [0.4, 0.5) is 0 Å². The fraction of sp³-hybridized carbons (Fsp3) is 0.750. The maximum Gasteiger partial charge on any atom is 0.0672 e. The van der Waals surface area contributed by atoms with Gasteiger partial charge in [0.05, 0.1) is 6.10 Å². The van der Waals surface area contributed by atoms with Crippen LogP contribution in [-0.2, 0) is 0 Å². The Morgan fingerprint density at radius 2 is 2.00 bits per heavy atom. The van der Waals surface area contributed by atoms with Crippen molar-refractivity contribution in [2.75, 3.05) is 0 Å². The van der Waals surface area contributed by atoms with Crippen molar-refractivity contribution in [3.8, 4) is 11.8 Å². The second-order valence-electron chi connectivity index (χ2n) is 2.44. The van der Waals surface area contributed by atoms with Crippen LogP contribution in [0.1, 0.15) is 27.2 Å². The first kappa shape index (κ1) is 8.52. The molecule has 0 aliphatic carbocycles. The summed E-state index contributed by atoms with van der Waals surface area (Å²) in [5.41, 5.74) is 0. The molecule has 1 N–H and O–H groups in total. The molecule has 9 heavy (non-hydrogen) atoms. The summed E-state index contributed by atoms with van der Waals surface area (Å²) < 4.78 is 0. The Balaban J connectivity index is 3.46. The highest BCUT2D eigenvalue weighted by atomic mass is 16.3. The number of hydrogen-bond acceptors (Lipinski definition) is 1. The van der Waals surface area contributed by atoms with E-state index in [0.29, 0.717) is 12.3 Å². The Morgan fingerprint density at radius 1 is 1.44 bits per heavy atom. The van der Waals surface area contributed by atoms with Crippen LogP contribution in [0, 0.1) is 17.8 Å². The number of aliphatic hydroxyl groups excluding tert-OH is 1. The van der Waals surface area contributed by atoms with Crippen LogP contribution >= 0.6 is 0 Å². The zero-order valence-corrected chi connectivity index (χ0v) is 6.31. The molecule has 0 aromatic heterocycles. The van der Waals surface area contributed by atoms with E-state index in [1.165, 1.54) is 0 Å². The minimum Gasteiger partial charge on any atom is -0.392 e. The van der Waals surface area contributed by atoms with E-state index < -0.39 is 0 Å². The van der Waals surface area contributed by atoms with Gasteiger partial charge < -0.3 is 5.11 Å². The highest BCUT2D eigenvalue weighted by Crippen LogP contribution is 2.03. The van der Waals surface area contributed by atoms with E-state index in [1.807, 2.05) is 13.8 Å². The SMILES string of the molecule is CC#CCC(O)C(C)C. The summed E-state index contributed by atoms with van der Waals surface area (Å²) in [6.07, 6.45) is 0.353. The summed E-state index contributed by atoms with van der Waals surface area (Å²) in [5.74, 6) is 5.90. The second-order valence-corrected chi connectivity index (χ2v) is 2.44. The van der Waals surface area contributed by atoms with Gasteiger partial charge in [-0.15, -0.1) is 11.8 Å². The Labute approximate surface area is 57.1 Å². The molecule has 0 fully saturated rings. The van der Waals surface area contributed by atoms with Crippen LogP contribution < -0.4 is 0 Å². The second kappa shape index (κ2) is 4.40. The Kier molecular flexibility index (Phi) is 4.17. The molecule has 1 nitrogen and oxygen atoms in total.